The molecule has 0 amide bonds. The highest BCUT2D eigenvalue weighted by Gasteiger charge is 2.25. The van der Waals surface area contributed by atoms with Crippen LogP contribution in [0.1, 0.15) is 35.9 Å². The van der Waals surface area contributed by atoms with Crippen molar-refractivity contribution in [2.45, 2.75) is 36.7 Å². The fourth-order valence-corrected chi connectivity index (χ4v) is 5.12. The number of thioether (sulfide) groups is 1. The molecule has 0 unspecified atom stereocenters. The van der Waals surface area contributed by atoms with E-state index in [0.717, 1.165) is 52.8 Å². The molecule has 7 heteroatoms. The summed E-state index contributed by atoms with van der Waals surface area (Å²) in [5, 5.41) is 10.4. The van der Waals surface area contributed by atoms with E-state index >= 15 is 0 Å². The number of Topliss-reactive ketones (excluding diaryl/α,β-unsaturated/α-hetero) is 1. The largest absolute Gasteiger partial charge is 0.360 e. The maximum atomic E-state index is 13.3. The Hall–Kier alpha value is -2.90. The normalized spacial score (nSPS) is 15.5. The molecule has 1 atom stereocenters. The standard InChI is InChI=1S/C24H25N5OS/c1-17(23(30)20-15-25-21-12-6-5-11-19(20)21)31-24-27-26-22(16-28-13-7-8-14-28)29(24)18-9-3-2-4-10-18/h2-6,9-12,15,17,25H,7-8,13-14,16H2,1H3/t17-/m1/s1. The highest BCUT2D eigenvalue weighted by Crippen LogP contribution is 2.30. The first-order chi connectivity index (χ1) is 15.2. The quantitative estimate of drug-likeness (QED) is 0.339. The Balaban J connectivity index is 1.44. The minimum absolute atomic E-state index is 0.0890. The third-order valence-electron chi connectivity index (χ3n) is 5.78. The molecule has 158 valence electrons. The van der Waals surface area contributed by atoms with E-state index in [1.54, 1.807) is 0 Å². The van der Waals surface area contributed by atoms with Crippen molar-refractivity contribution in [2.75, 3.05) is 13.1 Å². The lowest BCUT2D eigenvalue weighted by Gasteiger charge is -2.16. The Morgan fingerprint density at radius 3 is 2.61 bits per heavy atom. The molecule has 0 radical (unpaired) electrons. The van der Waals surface area contributed by atoms with E-state index in [-0.39, 0.29) is 11.0 Å². The van der Waals surface area contributed by atoms with E-state index in [2.05, 4.69) is 36.8 Å². The number of hydrogen-bond acceptors (Lipinski definition) is 5. The first-order valence-corrected chi connectivity index (χ1v) is 11.6. The lowest BCUT2D eigenvalue weighted by atomic mass is 10.1. The van der Waals surface area contributed by atoms with E-state index in [1.807, 2.05) is 55.6 Å². The maximum absolute atomic E-state index is 13.3. The molecule has 3 heterocycles. The number of fused-ring (bicyclic) bond motifs is 1. The van der Waals surface area contributed by atoms with E-state index in [0.29, 0.717) is 0 Å². The predicted octanol–water partition coefficient (Wildman–Crippen LogP) is 4.71. The van der Waals surface area contributed by atoms with Crippen molar-refractivity contribution in [3.8, 4) is 5.69 Å². The van der Waals surface area contributed by atoms with Gasteiger partial charge in [-0.1, -0.05) is 48.2 Å². The van der Waals surface area contributed by atoms with Gasteiger partial charge in [-0.2, -0.15) is 0 Å². The zero-order valence-electron chi connectivity index (χ0n) is 17.5. The molecular formula is C24H25N5OS. The van der Waals surface area contributed by atoms with Gasteiger partial charge in [0, 0.05) is 28.4 Å². The zero-order chi connectivity index (χ0) is 21.2. The van der Waals surface area contributed by atoms with Crippen molar-refractivity contribution in [2.24, 2.45) is 0 Å². The maximum Gasteiger partial charge on any atom is 0.196 e. The number of nitrogens with one attached hydrogen (secondary N) is 1. The summed E-state index contributed by atoms with van der Waals surface area (Å²) < 4.78 is 2.10. The van der Waals surface area contributed by atoms with Crippen molar-refractivity contribution < 1.29 is 4.79 Å². The summed E-state index contributed by atoms with van der Waals surface area (Å²) >= 11 is 1.47. The SMILES string of the molecule is C[C@@H](Sc1nnc(CN2CCCC2)n1-c1ccccc1)C(=O)c1c[nH]c2ccccc12. The number of aromatic nitrogens is 4. The number of benzene rings is 2. The summed E-state index contributed by atoms with van der Waals surface area (Å²) in [5.74, 6) is 1.01. The minimum atomic E-state index is -0.287. The number of H-pyrrole nitrogens is 1. The van der Waals surface area contributed by atoms with Gasteiger partial charge in [0.1, 0.15) is 0 Å². The average molecular weight is 432 g/mol. The van der Waals surface area contributed by atoms with Crippen molar-refractivity contribution >= 4 is 28.4 Å². The van der Waals surface area contributed by atoms with Crippen LogP contribution in [0.4, 0.5) is 0 Å². The molecule has 6 nitrogen and oxygen atoms in total. The van der Waals surface area contributed by atoms with E-state index in [9.17, 15) is 4.79 Å². The molecule has 1 aliphatic rings. The highest BCUT2D eigenvalue weighted by atomic mass is 32.2. The fourth-order valence-electron chi connectivity index (χ4n) is 4.16. The van der Waals surface area contributed by atoms with Crippen LogP contribution in [0.25, 0.3) is 16.6 Å². The summed E-state index contributed by atoms with van der Waals surface area (Å²) in [6, 6.07) is 18.1. The number of para-hydroxylation sites is 2. The van der Waals surface area contributed by atoms with Crippen LogP contribution in [-0.2, 0) is 6.54 Å². The molecule has 0 bridgehead atoms. The molecule has 1 aliphatic heterocycles. The van der Waals surface area contributed by atoms with E-state index in [4.69, 9.17) is 0 Å². The van der Waals surface area contributed by atoms with Gasteiger partial charge in [0.05, 0.1) is 11.8 Å². The number of likely N-dealkylation sites (tertiary alicyclic amines) is 1. The molecule has 0 saturated carbocycles. The van der Waals surface area contributed by atoms with Crippen LogP contribution in [0, 0.1) is 0 Å². The molecule has 0 spiro atoms. The number of ketones is 1. The molecule has 31 heavy (non-hydrogen) atoms. The van der Waals surface area contributed by atoms with Gasteiger partial charge in [0.2, 0.25) is 0 Å². The van der Waals surface area contributed by atoms with Crippen LogP contribution >= 0.6 is 11.8 Å². The zero-order valence-corrected chi connectivity index (χ0v) is 18.3. The molecule has 5 rings (SSSR count). The Kier molecular flexibility index (Phi) is 5.61. The van der Waals surface area contributed by atoms with Gasteiger partial charge in [0.25, 0.3) is 0 Å². The van der Waals surface area contributed by atoms with Crippen molar-refractivity contribution in [3.63, 3.8) is 0 Å². The van der Waals surface area contributed by atoms with Crippen LogP contribution < -0.4 is 0 Å². The lowest BCUT2D eigenvalue weighted by Crippen LogP contribution is -2.21. The van der Waals surface area contributed by atoms with Crippen molar-refractivity contribution in [1.29, 1.82) is 0 Å². The molecule has 1 N–H and O–H groups in total. The predicted molar refractivity (Wildman–Crippen MR) is 124 cm³/mol. The van der Waals surface area contributed by atoms with Crippen LogP contribution in [0.3, 0.4) is 0 Å². The van der Waals surface area contributed by atoms with Gasteiger partial charge in [0.15, 0.2) is 16.8 Å². The number of carbonyl (C=O) groups excluding carboxylic acids is 1. The Bertz CT molecular complexity index is 1190. The number of rotatable bonds is 7. The van der Waals surface area contributed by atoms with Gasteiger partial charge in [-0.3, -0.25) is 14.3 Å². The molecular weight excluding hydrogens is 406 g/mol. The number of hydrogen-bond donors (Lipinski definition) is 1. The summed E-state index contributed by atoms with van der Waals surface area (Å²) in [7, 11) is 0. The molecule has 4 aromatic rings. The third kappa shape index (κ3) is 4.03. The fraction of sp³-hybridized carbons (Fsp3) is 0.292. The monoisotopic (exact) mass is 431 g/mol. The summed E-state index contributed by atoms with van der Waals surface area (Å²) in [5.41, 5.74) is 2.72. The topological polar surface area (TPSA) is 66.8 Å². The van der Waals surface area contributed by atoms with Crippen LogP contribution in [-0.4, -0.2) is 48.8 Å². The second kappa shape index (κ2) is 8.69. The van der Waals surface area contributed by atoms with Gasteiger partial charge in [-0.25, -0.2) is 0 Å². The smallest absolute Gasteiger partial charge is 0.196 e. The van der Waals surface area contributed by atoms with Gasteiger partial charge in [-0.15, -0.1) is 10.2 Å². The van der Waals surface area contributed by atoms with Gasteiger partial charge >= 0.3 is 0 Å². The van der Waals surface area contributed by atoms with Crippen LogP contribution in [0.15, 0.2) is 66.0 Å². The Labute approximate surface area is 185 Å². The molecule has 1 fully saturated rings. The number of carbonyl (C=O) groups is 1. The summed E-state index contributed by atoms with van der Waals surface area (Å²) in [6.07, 6.45) is 4.28. The van der Waals surface area contributed by atoms with Gasteiger partial charge in [-0.05, 0) is 51.1 Å². The average Bonchev–Trinajstić information content (AvgIpc) is 3.54. The third-order valence-corrected chi connectivity index (χ3v) is 6.83. The lowest BCUT2D eigenvalue weighted by molar-refractivity contribution is 0.0995. The van der Waals surface area contributed by atoms with Crippen molar-refractivity contribution in [3.05, 3.63) is 72.2 Å². The summed E-state index contributed by atoms with van der Waals surface area (Å²) in [6.45, 7) is 4.91. The number of nitrogens with zero attached hydrogens (tertiary/aromatic N) is 4. The molecule has 2 aromatic heterocycles. The van der Waals surface area contributed by atoms with Crippen LogP contribution in [0.5, 0.6) is 0 Å². The molecule has 0 aliphatic carbocycles. The number of aromatic amines is 1. The Morgan fingerprint density at radius 2 is 1.81 bits per heavy atom. The van der Waals surface area contributed by atoms with E-state index in [1.165, 1.54) is 24.6 Å². The molecule has 2 aromatic carbocycles. The van der Waals surface area contributed by atoms with E-state index < -0.39 is 0 Å². The van der Waals surface area contributed by atoms with Crippen molar-refractivity contribution in [1.82, 2.24) is 24.6 Å². The first kappa shape index (κ1) is 20.0. The second-order valence-corrected chi connectivity index (χ2v) is 9.23. The minimum Gasteiger partial charge on any atom is -0.360 e. The first-order valence-electron chi connectivity index (χ1n) is 10.7. The second-order valence-electron chi connectivity index (χ2n) is 7.93. The van der Waals surface area contributed by atoms with Gasteiger partial charge < -0.3 is 4.98 Å². The Morgan fingerprint density at radius 1 is 1.06 bits per heavy atom. The van der Waals surface area contributed by atoms with Crippen LogP contribution in [0.2, 0.25) is 0 Å². The molecule has 1 saturated heterocycles. The highest BCUT2D eigenvalue weighted by molar-refractivity contribution is 8.00. The summed E-state index contributed by atoms with van der Waals surface area (Å²) in [4.78, 5) is 18.9.